The Bertz CT molecular complexity index is 1310. The van der Waals surface area contributed by atoms with Gasteiger partial charge in [0.15, 0.2) is 0 Å². The molecule has 0 fully saturated rings. The van der Waals surface area contributed by atoms with E-state index in [1.165, 1.54) is 0 Å². The summed E-state index contributed by atoms with van der Waals surface area (Å²) in [5, 5.41) is 18.3. The van der Waals surface area contributed by atoms with Gasteiger partial charge in [-0.15, -0.1) is 0 Å². The maximum Gasteiger partial charge on any atom is 0.335 e. The molecule has 0 spiro atoms. The highest BCUT2D eigenvalue weighted by Gasteiger charge is 2.39. The summed E-state index contributed by atoms with van der Waals surface area (Å²) in [4.78, 5) is 26.5. The minimum Gasteiger partial charge on any atom is -0.478 e. The molecule has 3 aromatic carbocycles. The van der Waals surface area contributed by atoms with E-state index in [-0.39, 0.29) is 15.0 Å². The zero-order valence-electron chi connectivity index (χ0n) is 16.7. The lowest BCUT2D eigenvalue weighted by atomic mass is 10.2. The van der Waals surface area contributed by atoms with Gasteiger partial charge in [-0.3, -0.25) is 4.84 Å². The molecule has 3 rings (SSSR count). The van der Waals surface area contributed by atoms with Gasteiger partial charge in [-0.25, -0.2) is 26.4 Å². The first-order chi connectivity index (χ1) is 15.5. The molecule has 12 heteroatoms. The van der Waals surface area contributed by atoms with E-state index in [9.17, 15) is 36.6 Å². The van der Waals surface area contributed by atoms with Crippen molar-refractivity contribution in [2.24, 2.45) is 0 Å². The second-order valence-electron chi connectivity index (χ2n) is 6.60. The van der Waals surface area contributed by atoms with Crippen LogP contribution in [-0.2, 0) is 31.5 Å². The van der Waals surface area contributed by atoms with Crippen LogP contribution in [-0.4, -0.2) is 42.9 Å². The zero-order valence-corrected chi connectivity index (χ0v) is 18.4. The van der Waals surface area contributed by atoms with E-state index in [1.54, 1.807) is 30.3 Å². The average molecular weight is 491 g/mol. The van der Waals surface area contributed by atoms with Crippen molar-refractivity contribution in [3.63, 3.8) is 0 Å². The molecule has 33 heavy (non-hydrogen) atoms. The Labute approximate surface area is 189 Å². The number of hydrogen-bond donors (Lipinski definition) is 2. The van der Waals surface area contributed by atoms with Crippen molar-refractivity contribution in [2.45, 2.75) is 16.4 Å². The second-order valence-corrected chi connectivity index (χ2v) is 10.3. The number of carboxylic acids is 2. The smallest absolute Gasteiger partial charge is 0.335 e. The third-order valence-corrected chi connectivity index (χ3v) is 8.20. The van der Waals surface area contributed by atoms with Crippen LogP contribution >= 0.6 is 0 Å². The summed E-state index contributed by atoms with van der Waals surface area (Å²) in [5.74, 6) is -2.83. The predicted octanol–water partition coefficient (Wildman–Crippen LogP) is 2.59. The maximum absolute atomic E-state index is 13.3. The van der Waals surface area contributed by atoms with Gasteiger partial charge in [0.1, 0.15) is 0 Å². The number of hydrogen-bond acceptors (Lipinski definition) is 7. The Morgan fingerprint density at radius 2 is 1.15 bits per heavy atom. The highest BCUT2D eigenvalue weighted by molar-refractivity contribution is 8.03. The Morgan fingerprint density at radius 1 is 0.697 bits per heavy atom. The molecule has 172 valence electrons. The van der Waals surface area contributed by atoms with Crippen LogP contribution in [0.1, 0.15) is 26.3 Å². The van der Waals surface area contributed by atoms with E-state index < -0.39 is 48.4 Å². The molecule has 3 aromatic rings. The van der Waals surface area contributed by atoms with Crippen molar-refractivity contribution in [1.29, 1.82) is 0 Å². The minimum absolute atomic E-state index is 0.227. The zero-order chi connectivity index (χ0) is 24.2. The van der Waals surface area contributed by atoms with Gasteiger partial charge >= 0.3 is 11.9 Å². The first-order valence-electron chi connectivity index (χ1n) is 9.17. The Balaban J connectivity index is 2.13. The fourth-order valence-corrected chi connectivity index (χ4v) is 6.05. The second kappa shape index (κ2) is 9.50. The molecule has 10 nitrogen and oxygen atoms in total. The van der Waals surface area contributed by atoms with E-state index >= 15 is 0 Å². The lowest BCUT2D eigenvalue weighted by Gasteiger charge is -2.21. The molecule has 0 aliphatic rings. The molecule has 0 heterocycles. The summed E-state index contributed by atoms with van der Waals surface area (Å²) < 4.78 is 52.9. The van der Waals surface area contributed by atoms with Crippen molar-refractivity contribution in [3.05, 3.63) is 95.6 Å². The Hall–Kier alpha value is -3.58. The number of nitrogens with zero attached hydrogens (tertiary/aromatic N) is 1. The van der Waals surface area contributed by atoms with Crippen molar-refractivity contribution in [2.75, 3.05) is 0 Å². The fourth-order valence-electron chi connectivity index (χ4n) is 2.72. The molecule has 0 radical (unpaired) electrons. The van der Waals surface area contributed by atoms with E-state index in [4.69, 9.17) is 4.84 Å². The third kappa shape index (κ3) is 5.26. The van der Waals surface area contributed by atoms with Crippen LogP contribution in [0, 0.1) is 0 Å². The van der Waals surface area contributed by atoms with Gasteiger partial charge < -0.3 is 10.2 Å². The van der Waals surface area contributed by atoms with Crippen molar-refractivity contribution in [3.8, 4) is 0 Å². The van der Waals surface area contributed by atoms with Crippen LogP contribution in [0.15, 0.2) is 88.7 Å². The van der Waals surface area contributed by atoms with Crippen LogP contribution in [0.4, 0.5) is 0 Å². The molecule has 0 saturated carbocycles. The molecular formula is C21H17NO9S2. The maximum atomic E-state index is 13.3. The van der Waals surface area contributed by atoms with Crippen LogP contribution in [0.3, 0.4) is 0 Å². The molecule has 0 aliphatic heterocycles. The molecular weight excluding hydrogens is 474 g/mol. The first kappa shape index (κ1) is 24.1. The fraction of sp³-hybridized carbons (Fsp3) is 0.0476. The van der Waals surface area contributed by atoms with Crippen LogP contribution < -0.4 is 0 Å². The van der Waals surface area contributed by atoms with Crippen molar-refractivity contribution in [1.82, 2.24) is 3.87 Å². The molecule has 0 unspecified atom stereocenters. The highest BCUT2D eigenvalue weighted by atomic mass is 32.3. The van der Waals surface area contributed by atoms with Gasteiger partial charge in [-0.1, -0.05) is 42.5 Å². The molecule has 0 aliphatic carbocycles. The number of carbonyl (C=O) groups is 2. The van der Waals surface area contributed by atoms with Crippen LogP contribution in [0.25, 0.3) is 0 Å². The Morgan fingerprint density at radius 3 is 1.58 bits per heavy atom. The molecule has 0 aromatic heterocycles. The van der Waals surface area contributed by atoms with Gasteiger partial charge in [-0.2, -0.15) is 0 Å². The lowest BCUT2D eigenvalue weighted by molar-refractivity contribution is -0.0284. The quantitative estimate of drug-likeness (QED) is 0.430. The third-order valence-electron chi connectivity index (χ3n) is 4.33. The molecule has 0 saturated heterocycles. The number of benzene rings is 3. The number of rotatable bonds is 9. The van der Waals surface area contributed by atoms with Gasteiger partial charge in [-0.05, 0) is 42.0 Å². The van der Waals surface area contributed by atoms with E-state index in [2.05, 4.69) is 0 Å². The van der Waals surface area contributed by atoms with Crippen molar-refractivity contribution < 1.29 is 41.5 Å². The van der Waals surface area contributed by atoms with E-state index in [0.717, 1.165) is 48.5 Å². The van der Waals surface area contributed by atoms with Gasteiger partial charge in [0.2, 0.25) is 0 Å². The van der Waals surface area contributed by atoms with E-state index in [0.29, 0.717) is 5.56 Å². The lowest BCUT2D eigenvalue weighted by Crippen LogP contribution is -2.37. The standard InChI is InChI=1S/C21H17NO9S2/c23-20(24)16-8-4-10-18(12-16)32(27,28)22(31-14-15-6-2-1-3-7-15)33(29,30)19-11-5-9-17(13-19)21(25)26/h1-13H,14H2,(H,23,24)(H,25,26). The van der Waals surface area contributed by atoms with Gasteiger partial charge in [0.25, 0.3) is 20.0 Å². The van der Waals surface area contributed by atoms with Gasteiger partial charge in [0, 0.05) is 3.87 Å². The summed E-state index contributed by atoms with van der Waals surface area (Å²) in [6.45, 7) is -0.462. The topological polar surface area (TPSA) is 155 Å². The molecule has 0 atom stereocenters. The highest BCUT2D eigenvalue weighted by Crippen LogP contribution is 2.27. The summed E-state index contributed by atoms with van der Waals surface area (Å²) in [6.07, 6.45) is 0. The summed E-state index contributed by atoms with van der Waals surface area (Å²) in [7, 11) is -9.91. The summed E-state index contributed by atoms with van der Waals surface area (Å²) in [6, 6.07) is 16.3. The minimum atomic E-state index is -4.95. The van der Waals surface area contributed by atoms with Crippen LogP contribution in [0.5, 0.6) is 0 Å². The predicted molar refractivity (Wildman–Crippen MR) is 114 cm³/mol. The SMILES string of the molecule is O=C(O)c1cccc(S(=O)(=O)N(OCc2ccccc2)S(=O)(=O)c2cccc(C(=O)O)c2)c1. The summed E-state index contributed by atoms with van der Waals surface area (Å²) >= 11 is 0. The first-order valence-corrected chi connectivity index (χ1v) is 12.1. The average Bonchev–Trinajstić information content (AvgIpc) is 2.79. The molecule has 0 amide bonds. The molecule has 0 bridgehead atoms. The van der Waals surface area contributed by atoms with Crippen LogP contribution in [0.2, 0.25) is 0 Å². The van der Waals surface area contributed by atoms with Crippen molar-refractivity contribution >= 4 is 32.0 Å². The van der Waals surface area contributed by atoms with E-state index in [1.807, 2.05) is 0 Å². The molecule has 2 N–H and O–H groups in total. The normalized spacial score (nSPS) is 11.9. The van der Waals surface area contributed by atoms with Gasteiger partial charge in [0.05, 0.1) is 27.5 Å². The number of carboxylic acid groups (broad SMARTS) is 2. The largest absolute Gasteiger partial charge is 0.478 e. The number of aromatic carboxylic acids is 2. The number of sulfonamides is 2. The summed E-state index contributed by atoms with van der Waals surface area (Å²) in [5.41, 5.74) is -0.319. The Kier molecular flexibility index (Phi) is 6.93. The monoisotopic (exact) mass is 491 g/mol.